The highest BCUT2D eigenvalue weighted by Crippen LogP contribution is 2.19. The van der Waals surface area contributed by atoms with E-state index in [1.54, 1.807) is 31.6 Å². The van der Waals surface area contributed by atoms with Crippen LogP contribution in [0.5, 0.6) is 5.75 Å². The molecular formula is C24H28N6O2. The first-order valence-corrected chi connectivity index (χ1v) is 10.8. The third-order valence-electron chi connectivity index (χ3n) is 5.61. The molecule has 3 aromatic rings. The van der Waals surface area contributed by atoms with Gasteiger partial charge in [0.2, 0.25) is 0 Å². The molecule has 1 aliphatic heterocycles. The Morgan fingerprint density at radius 1 is 1.19 bits per heavy atom. The summed E-state index contributed by atoms with van der Waals surface area (Å²) < 4.78 is 7.55. The van der Waals surface area contributed by atoms with Crippen molar-refractivity contribution in [2.75, 3.05) is 26.7 Å². The van der Waals surface area contributed by atoms with E-state index in [9.17, 15) is 4.79 Å². The second-order valence-corrected chi connectivity index (χ2v) is 7.76. The van der Waals surface area contributed by atoms with Crippen LogP contribution in [-0.4, -0.2) is 57.3 Å². The Morgan fingerprint density at radius 3 is 2.88 bits per heavy atom. The first-order valence-electron chi connectivity index (χ1n) is 10.8. The minimum Gasteiger partial charge on any atom is -0.496 e. The van der Waals surface area contributed by atoms with Gasteiger partial charge in [-0.1, -0.05) is 30.4 Å². The van der Waals surface area contributed by atoms with E-state index < -0.39 is 0 Å². The van der Waals surface area contributed by atoms with Crippen LogP contribution >= 0.6 is 0 Å². The van der Waals surface area contributed by atoms with Gasteiger partial charge in [0.25, 0.3) is 5.91 Å². The van der Waals surface area contributed by atoms with Crippen molar-refractivity contribution >= 4 is 12.0 Å². The summed E-state index contributed by atoms with van der Waals surface area (Å²) >= 11 is 0. The lowest BCUT2D eigenvalue weighted by atomic mass is 10.2. The first-order chi connectivity index (χ1) is 15.7. The molecule has 0 bridgehead atoms. The molecule has 8 nitrogen and oxygen atoms in total. The SMILES string of the molecule is COc1ccccc1/C=C/CN1CCc2nnc([C@H](C)NC(=O)c3cccnc3)n2CC1. The highest BCUT2D eigenvalue weighted by Gasteiger charge is 2.22. The number of rotatable bonds is 7. The standard InChI is InChI=1S/C24H28N6O2/c1-18(26-24(31)20-8-5-12-25-17-20)23-28-27-22-11-14-29(15-16-30(22)23)13-6-9-19-7-3-4-10-21(19)32-2/h3-10,12,17-18H,11,13-16H2,1-2H3,(H,26,31)/b9-6+/t18-/m0/s1. The number of nitrogens with one attached hydrogen (secondary N) is 1. The lowest BCUT2D eigenvalue weighted by Gasteiger charge is -2.18. The van der Waals surface area contributed by atoms with Crippen molar-refractivity contribution in [2.45, 2.75) is 25.9 Å². The van der Waals surface area contributed by atoms with Crippen LogP contribution in [0.4, 0.5) is 0 Å². The summed E-state index contributed by atoms with van der Waals surface area (Å²) in [6, 6.07) is 11.2. The second-order valence-electron chi connectivity index (χ2n) is 7.76. The maximum atomic E-state index is 12.5. The van der Waals surface area contributed by atoms with E-state index in [0.29, 0.717) is 5.56 Å². The molecule has 3 heterocycles. The van der Waals surface area contributed by atoms with Gasteiger partial charge in [0.05, 0.1) is 18.7 Å². The summed E-state index contributed by atoms with van der Waals surface area (Å²) in [5.74, 6) is 2.44. The number of ether oxygens (including phenoxy) is 1. The van der Waals surface area contributed by atoms with Gasteiger partial charge in [-0.2, -0.15) is 0 Å². The summed E-state index contributed by atoms with van der Waals surface area (Å²) in [5, 5.41) is 11.8. The smallest absolute Gasteiger partial charge is 0.253 e. The number of carbonyl (C=O) groups excluding carboxylic acids is 1. The minimum absolute atomic E-state index is 0.167. The normalized spacial score (nSPS) is 15.2. The van der Waals surface area contributed by atoms with Crippen LogP contribution in [0.2, 0.25) is 0 Å². The van der Waals surface area contributed by atoms with E-state index in [1.807, 2.05) is 31.2 Å². The number of benzene rings is 1. The number of fused-ring (bicyclic) bond motifs is 1. The largest absolute Gasteiger partial charge is 0.496 e. The average Bonchev–Trinajstić information content (AvgIpc) is 3.13. The topological polar surface area (TPSA) is 85.2 Å². The molecule has 2 aromatic heterocycles. The van der Waals surface area contributed by atoms with Crippen molar-refractivity contribution in [1.82, 2.24) is 30.0 Å². The Kier molecular flexibility index (Phi) is 6.91. The average molecular weight is 433 g/mol. The fourth-order valence-electron chi connectivity index (χ4n) is 3.87. The number of amides is 1. The Morgan fingerprint density at radius 2 is 2.06 bits per heavy atom. The number of para-hydroxylation sites is 1. The molecule has 0 radical (unpaired) electrons. The van der Waals surface area contributed by atoms with Crippen molar-refractivity contribution in [2.24, 2.45) is 0 Å². The molecule has 1 N–H and O–H groups in total. The molecule has 4 rings (SSSR count). The molecule has 32 heavy (non-hydrogen) atoms. The van der Waals surface area contributed by atoms with Gasteiger partial charge in [0, 0.05) is 50.6 Å². The molecular weight excluding hydrogens is 404 g/mol. The summed E-state index contributed by atoms with van der Waals surface area (Å²) in [5.41, 5.74) is 1.60. The van der Waals surface area contributed by atoms with Crippen molar-refractivity contribution in [3.63, 3.8) is 0 Å². The van der Waals surface area contributed by atoms with Gasteiger partial charge in [0.15, 0.2) is 5.82 Å². The predicted molar refractivity (Wildman–Crippen MR) is 122 cm³/mol. The molecule has 0 unspecified atom stereocenters. The van der Waals surface area contributed by atoms with Gasteiger partial charge in [-0.25, -0.2) is 0 Å². The Bertz CT molecular complexity index is 1080. The third kappa shape index (κ3) is 5.03. The zero-order valence-electron chi connectivity index (χ0n) is 18.4. The van der Waals surface area contributed by atoms with Crippen molar-refractivity contribution < 1.29 is 9.53 Å². The molecule has 1 aromatic carbocycles. The summed E-state index contributed by atoms with van der Waals surface area (Å²) in [4.78, 5) is 18.9. The van der Waals surface area contributed by atoms with Crippen LogP contribution < -0.4 is 10.1 Å². The molecule has 1 atom stereocenters. The zero-order chi connectivity index (χ0) is 22.3. The molecule has 8 heteroatoms. The fraction of sp³-hybridized carbons (Fsp3) is 0.333. The molecule has 1 aliphatic rings. The van der Waals surface area contributed by atoms with Crippen LogP contribution in [0.3, 0.4) is 0 Å². The fourth-order valence-corrected chi connectivity index (χ4v) is 3.87. The highest BCUT2D eigenvalue weighted by atomic mass is 16.5. The lowest BCUT2D eigenvalue weighted by Crippen LogP contribution is -2.30. The van der Waals surface area contributed by atoms with Crippen molar-refractivity contribution in [3.05, 3.63) is 77.6 Å². The van der Waals surface area contributed by atoms with Crippen molar-refractivity contribution in [1.29, 1.82) is 0 Å². The zero-order valence-corrected chi connectivity index (χ0v) is 18.4. The molecule has 0 saturated carbocycles. The van der Waals surface area contributed by atoms with Crippen LogP contribution in [-0.2, 0) is 13.0 Å². The second kappa shape index (κ2) is 10.2. The molecule has 0 spiro atoms. The van der Waals surface area contributed by atoms with Crippen LogP contribution in [0.15, 0.2) is 54.9 Å². The maximum Gasteiger partial charge on any atom is 0.253 e. The number of pyridine rings is 1. The number of nitrogens with zero attached hydrogens (tertiary/aromatic N) is 5. The Labute approximate surface area is 187 Å². The van der Waals surface area contributed by atoms with Gasteiger partial charge >= 0.3 is 0 Å². The number of hydrogen-bond donors (Lipinski definition) is 1. The molecule has 1 amide bonds. The van der Waals surface area contributed by atoms with Gasteiger partial charge in [-0.05, 0) is 25.1 Å². The monoisotopic (exact) mass is 432 g/mol. The van der Waals surface area contributed by atoms with E-state index in [-0.39, 0.29) is 11.9 Å². The van der Waals surface area contributed by atoms with E-state index in [1.165, 1.54) is 0 Å². The van der Waals surface area contributed by atoms with E-state index in [4.69, 9.17) is 4.74 Å². The molecule has 0 aliphatic carbocycles. The predicted octanol–water partition coefficient (Wildman–Crippen LogP) is 2.74. The van der Waals surface area contributed by atoms with Crippen molar-refractivity contribution in [3.8, 4) is 5.75 Å². The van der Waals surface area contributed by atoms with Gasteiger partial charge < -0.3 is 14.6 Å². The first kappa shape index (κ1) is 21.7. The maximum absolute atomic E-state index is 12.5. The number of aromatic nitrogens is 4. The highest BCUT2D eigenvalue weighted by molar-refractivity contribution is 5.94. The minimum atomic E-state index is -0.249. The quantitative estimate of drug-likeness (QED) is 0.618. The van der Waals surface area contributed by atoms with Crippen LogP contribution in [0.1, 0.15) is 40.5 Å². The van der Waals surface area contributed by atoms with Gasteiger partial charge in [-0.15, -0.1) is 10.2 Å². The summed E-state index contributed by atoms with van der Waals surface area (Å²) in [7, 11) is 1.69. The molecule has 0 saturated heterocycles. The van der Waals surface area contributed by atoms with E-state index in [0.717, 1.165) is 55.6 Å². The lowest BCUT2D eigenvalue weighted by molar-refractivity contribution is 0.0937. The van der Waals surface area contributed by atoms with Gasteiger partial charge in [-0.3, -0.25) is 14.7 Å². The Balaban J connectivity index is 1.37. The number of methoxy groups -OCH3 is 1. The van der Waals surface area contributed by atoms with Gasteiger partial charge in [0.1, 0.15) is 11.6 Å². The van der Waals surface area contributed by atoms with Crippen LogP contribution in [0, 0.1) is 0 Å². The van der Waals surface area contributed by atoms with E-state index in [2.05, 4.69) is 42.1 Å². The summed E-state index contributed by atoms with van der Waals surface area (Å²) in [6.45, 7) is 5.36. The van der Waals surface area contributed by atoms with Crippen LogP contribution in [0.25, 0.3) is 6.08 Å². The summed E-state index contributed by atoms with van der Waals surface area (Å²) in [6.07, 6.45) is 8.30. The molecule has 0 fully saturated rings. The number of carbonyl (C=O) groups is 1. The third-order valence-corrected chi connectivity index (χ3v) is 5.61. The Hall–Kier alpha value is -3.52. The number of hydrogen-bond acceptors (Lipinski definition) is 6. The molecule has 166 valence electrons. The van der Waals surface area contributed by atoms with E-state index >= 15 is 0 Å².